The molecule has 5 nitrogen and oxygen atoms in total. The molecule has 0 saturated carbocycles. The second-order valence-corrected chi connectivity index (χ2v) is 9.72. The van der Waals surface area contributed by atoms with Crippen LogP contribution in [0.2, 0.25) is 0 Å². The van der Waals surface area contributed by atoms with E-state index in [4.69, 9.17) is 9.47 Å². The van der Waals surface area contributed by atoms with Crippen molar-refractivity contribution in [2.75, 3.05) is 20.3 Å². The number of amides is 1. The zero-order valence-electron chi connectivity index (χ0n) is 22.4. The number of carbonyl (C=O) groups excluding carboxylic acids is 2. The molecule has 0 bridgehead atoms. The lowest BCUT2D eigenvalue weighted by molar-refractivity contribution is -0.145. The summed E-state index contributed by atoms with van der Waals surface area (Å²) in [4.78, 5) is 28.7. The van der Waals surface area contributed by atoms with Gasteiger partial charge >= 0.3 is 5.97 Å². The van der Waals surface area contributed by atoms with Gasteiger partial charge in [0.05, 0.1) is 19.6 Å². The van der Waals surface area contributed by atoms with Crippen LogP contribution in [-0.4, -0.2) is 37.0 Å². The number of methoxy groups -OCH3 is 1. The first kappa shape index (κ1) is 26.2. The second-order valence-electron chi connectivity index (χ2n) is 9.72. The van der Waals surface area contributed by atoms with Gasteiger partial charge in [-0.3, -0.25) is 9.59 Å². The van der Waals surface area contributed by atoms with Crippen molar-refractivity contribution in [1.82, 2.24) is 4.90 Å². The first-order chi connectivity index (χ1) is 19.1. The van der Waals surface area contributed by atoms with E-state index in [1.54, 1.807) is 7.11 Å². The summed E-state index contributed by atoms with van der Waals surface area (Å²) in [5.41, 5.74) is 6.00. The van der Waals surface area contributed by atoms with Gasteiger partial charge in [0.25, 0.3) is 5.91 Å². The monoisotopic (exact) mass is 519 g/mol. The Morgan fingerprint density at radius 2 is 1.51 bits per heavy atom. The first-order valence-electron chi connectivity index (χ1n) is 13.4. The molecule has 5 heteroatoms. The van der Waals surface area contributed by atoms with Gasteiger partial charge in [0.15, 0.2) is 0 Å². The largest absolute Gasteiger partial charge is 0.497 e. The summed E-state index contributed by atoms with van der Waals surface area (Å²) in [7, 11) is 1.65. The van der Waals surface area contributed by atoms with Crippen LogP contribution < -0.4 is 4.74 Å². The van der Waals surface area contributed by atoms with Crippen LogP contribution in [-0.2, 0) is 22.5 Å². The molecule has 1 aliphatic heterocycles. The lowest BCUT2D eigenvalue weighted by atomic mass is 9.74. The lowest BCUT2D eigenvalue weighted by Gasteiger charge is -2.34. The minimum absolute atomic E-state index is 0.0343. The molecule has 0 saturated heterocycles. The molecule has 0 spiro atoms. The molecule has 198 valence electrons. The molecule has 4 aromatic carbocycles. The molecule has 2 unspecified atom stereocenters. The summed E-state index contributed by atoms with van der Waals surface area (Å²) in [5.74, 6) is -0.264. The SMILES string of the molecule is CCOC(=O)C(c1ccccc1)C(c1ccc(OC)cc1)c1cccc2c1CCN(C(=O)c1ccccc1)C2. The molecule has 0 aromatic heterocycles. The van der Waals surface area contributed by atoms with Gasteiger partial charge < -0.3 is 14.4 Å². The normalized spacial score (nSPS) is 14.2. The van der Waals surface area contributed by atoms with Gasteiger partial charge in [-0.15, -0.1) is 0 Å². The fourth-order valence-corrected chi connectivity index (χ4v) is 5.59. The van der Waals surface area contributed by atoms with E-state index < -0.39 is 5.92 Å². The van der Waals surface area contributed by atoms with Crippen LogP contribution in [0.1, 0.15) is 56.9 Å². The third kappa shape index (κ3) is 5.58. The number of hydrogen-bond donors (Lipinski definition) is 0. The highest BCUT2D eigenvalue weighted by Crippen LogP contribution is 2.43. The molecule has 1 amide bonds. The van der Waals surface area contributed by atoms with Crippen molar-refractivity contribution in [1.29, 1.82) is 0 Å². The number of fused-ring (bicyclic) bond motifs is 1. The summed E-state index contributed by atoms with van der Waals surface area (Å²) in [6.45, 7) is 3.29. The van der Waals surface area contributed by atoms with E-state index in [2.05, 4.69) is 12.1 Å². The van der Waals surface area contributed by atoms with Crippen LogP contribution in [0, 0.1) is 0 Å². The predicted molar refractivity (Wildman–Crippen MR) is 152 cm³/mol. The minimum Gasteiger partial charge on any atom is -0.497 e. The molecule has 39 heavy (non-hydrogen) atoms. The summed E-state index contributed by atoms with van der Waals surface area (Å²) >= 11 is 0. The minimum atomic E-state index is -0.532. The Labute approximate surface area is 230 Å². The zero-order chi connectivity index (χ0) is 27.2. The Balaban J connectivity index is 1.59. The van der Waals surface area contributed by atoms with E-state index in [9.17, 15) is 9.59 Å². The van der Waals surface area contributed by atoms with Crippen molar-refractivity contribution >= 4 is 11.9 Å². The molecule has 4 aromatic rings. The van der Waals surface area contributed by atoms with Crippen LogP contribution in [0.3, 0.4) is 0 Å². The van der Waals surface area contributed by atoms with Crippen LogP contribution in [0.4, 0.5) is 0 Å². The zero-order valence-corrected chi connectivity index (χ0v) is 22.4. The maximum absolute atomic E-state index is 13.6. The van der Waals surface area contributed by atoms with Crippen molar-refractivity contribution < 1.29 is 19.1 Å². The maximum Gasteiger partial charge on any atom is 0.314 e. The van der Waals surface area contributed by atoms with E-state index in [0.717, 1.165) is 28.0 Å². The Hall–Kier alpha value is -4.38. The number of rotatable bonds is 8. The molecular formula is C34H33NO4. The Morgan fingerprint density at radius 1 is 0.821 bits per heavy atom. The van der Waals surface area contributed by atoms with Crippen LogP contribution in [0.25, 0.3) is 0 Å². The van der Waals surface area contributed by atoms with Gasteiger partial charge in [-0.1, -0.05) is 78.9 Å². The highest BCUT2D eigenvalue weighted by molar-refractivity contribution is 5.94. The van der Waals surface area contributed by atoms with Crippen molar-refractivity contribution in [3.63, 3.8) is 0 Å². The molecule has 0 radical (unpaired) electrons. The van der Waals surface area contributed by atoms with Gasteiger partial charge in [0.2, 0.25) is 0 Å². The Bertz CT molecular complexity index is 1420. The average Bonchev–Trinajstić information content (AvgIpc) is 3.00. The van der Waals surface area contributed by atoms with Crippen molar-refractivity contribution in [2.45, 2.75) is 31.7 Å². The quantitative estimate of drug-likeness (QED) is 0.254. The molecule has 1 heterocycles. The van der Waals surface area contributed by atoms with Gasteiger partial charge in [0.1, 0.15) is 5.75 Å². The number of carbonyl (C=O) groups is 2. The van der Waals surface area contributed by atoms with E-state index in [1.807, 2.05) is 103 Å². The third-order valence-corrected chi connectivity index (χ3v) is 7.45. The van der Waals surface area contributed by atoms with Crippen LogP contribution >= 0.6 is 0 Å². The summed E-state index contributed by atoms with van der Waals surface area (Å²) in [5, 5.41) is 0. The highest BCUT2D eigenvalue weighted by atomic mass is 16.5. The predicted octanol–water partition coefficient (Wildman–Crippen LogP) is 6.37. The Morgan fingerprint density at radius 3 is 2.18 bits per heavy atom. The highest BCUT2D eigenvalue weighted by Gasteiger charge is 2.36. The molecule has 0 aliphatic carbocycles. The topological polar surface area (TPSA) is 55.8 Å². The second kappa shape index (κ2) is 12.0. The van der Waals surface area contributed by atoms with Gasteiger partial charge in [-0.25, -0.2) is 0 Å². The summed E-state index contributed by atoms with van der Waals surface area (Å²) in [6, 6.07) is 33.5. The average molecular weight is 520 g/mol. The number of esters is 1. The first-order valence-corrected chi connectivity index (χ1v) is 13.4. The van der Waals surface area contributed by atoms with Gasteiger partial charge in [-0.05, 0) is 65.4 Å². The van der Waals surface area contributed by atoms with E-state index >= 15 is 0 Å². The molecule has 0 fully saturated rings. The van der Waals surface area contributed by atoms with E-state index in [0.29, 0.717) is 31.7 Å². The van der Waals surface area contributed by atoms with Crippen molar-refractivity contribution in [2.24, 2.45) is 0 Å². The molecule has 0 N–H and O–H groups in total. The smallest absolute Gasteiger partial charge is 0.314 e. The standard InChI is InChI=1S/C34H33NO4/c1-3-39-34(37)32(24-11-6-4-7-12-24)31(25-17-19-28(38-2)20-18-25)30-16-10-15-27-23-35(22-21-29(27)30)33(36)26-13-8-5-9-14-26/h4-20,31-32H,3,21-23H2,1-2H3. The molecular weight excluding hydrogens is 486 g/mol. The van der Waals surface area contributed by atoms with Crippen molar-refractivity contribution in [3.05, 3.63) is 137 Å². The van der Waals surface area contributed by atoms with Crippen molar-refractivity contribution in [3.8, 4) is 5.75 Å². The number of nitrogens with zero attached hydrogens (tertiary/aromatic N) is 1. The maximum atomic E-state index is 13.6. The number of hydrogen-bond acceptors (Lipinski definition) is 4. The van der Waals surface area contributed by atoms with Gasteiger partial charge in [-0.2, -0.15) is 0 Å². The number of ether oxygens (including phenoxy) is 2. The van der Waals surface area contributed by atoms with E-state index in [-0.39, 0.29) is 17.8 Å². The number of benzene rings is 4. The van der Waals surface area contributed by atoms with Gasteiger partial charge in [0, 0.05) is 24.6 Å². The summed E-state index contributed by atoms with van der Waals surface area (Å²) in [6.07, 6.45) is 0.709. The lowest BCUT2D eigenvalue weighted by Crippen LogP contribution is -2.36. The Kier molecular flexibility index (Phi) is 8.07. The fraction of sp³-hybridized carbons (Fsp3) is 0.235. The molecule has 1 aliphatic rings. The fourth-order valence-electron chi connectivity index (χ4n) is 5.59. The summed E-state index contributed by atoms with van der Waals surface area (Å²) < 4.78 is 11.1. The van der Waals surface area contributed by atoms with Crippen LogP contribution in [0.5, 0.6) is 5.75 Å². The molecule has 5 rings (SSSR count). The van der Waals surface area contributed by atoms with E-state index in [1.165, 1.54) is 5.56 Å². The molecule has 2 atom stereocenters. The van der Waals surface area contributed by atoms with Crippen LogP contribution in [0.15, 0.2) is 103 Å². The third-order valence-electron chi connectivity index (χ3n) is 7.45.